The number of carbonyl (C=O) groups is 1. The maximum atomic E-state index is 11.5. The average molecular weight is 393 g/mol. The molecule has 3 N–H and O–H groups in total. The zero-order valence-electron chi connectivity index (χ0n) is 14.9. The number of carboxylic acid groups (broad SMARTS) is 1. The maximum Gasteiger partial charge on any atom is 0.358 e. The van der Waals surface area contributed by atoms with Gasteiger partial charge in [-0.3, -0.25) is 0 Å². The first kappa shape index (κ1) is 19.2. The summed E-state index contributed by atoms with van der Waals surface area (Å²) in [4.78, 5) is 21.9. The highest BCUT2D eigenvalue weighted by Gasteiger charge is 2.26. The summed E-state index contributed by atoms with van der Waals surface area (Å²) >= 11 is 6.13. The van der Waals surface area contributed by atoms with Gasteiger partial charge in [0.1, 0.15) is 11.6 Å². The van der Waals surface area contributed by atoms with Gasteiger partial charge in [-0.25, -0.2) is 14.8 Å². The second kappa shape index (κ2) is 8.41. The molecule has 1 aliphatic rings. The number of ether oxygens (including phenoxy) is 1. The molecule has 0 radical (unpaired) electrons. The molecule has 1 fully saturated rings. The highest BCUT2D eigenvalue weighted by atomic mass is 35.5. The van der Waals surface area contributed by atoms with Crippen LogP contribution in [0.5, 0.6) is 5.75 Å². The Morgan fingerprint density at radius 3 is 2.96 bits per heavy atom. The number of hydrogen-bond donors (Lipinski definition) is 3. The largest absolute Gasteiger partial charge is 0.495 e. The van der Waals surface area contributed by atoms with Gasteiger partial charge in [-0.05, 0) is 30.5 Å². The highest BCUT2D eigenvalue weighted by Crippen LogP contribution is 2.27. The van der Waals surface area contributed by atoms with E-state index in [1.165, 1.54) is 13.3 Å². The quantitative estimate of drug-likeness (QED) is 0.659. The van der Waals surface area contributed by atoms with Gasteiger partial charge in [-0.15, -0.1) is 0 Å². The van der Waals surface area contributed by atoms with Gasteiger partial charge >= 0.3 is 5.97 Å². The second-order valence-corrected chi connectivity index (χ2v) is 6.63. The number of nitrogens with one attached hydrogen (secondary N) is 1. The summed E-state index contributed by atoms with van der Waals surface area (Å²) in [5.74, 6) is 0.129. The summed E-state index contributed by atoms with van der Waals surface area (Å²) in [6.45, 7) is 1.10. The van der Waals surface area contributed by atoms with Crippen molar-refractivity contribution in [2.24, 2.45) is 0 Å². The molecule has 0 bridgehead atoms. The lowest BCUT2D eigenvalue weighted by Gasteiger charge is -2.24. The van der Waals surface area contributed by atoms with Crippen molar-refractivity contribution in [1.29, 1.82) is 0 Å². The van der Waals surface area contributed by atoms with Gasteiger partial charge in [0.05, 0.1) is 31.0 Å². The third-order valence-corrected chi connectivity index (χ3v) is 4.82. The smallest absolute Gasteiger partial charge is 0.358 e. The van der Waals surface area contributed by atoms with Crippen molar-refractivity contribution >= 4 is 29.2 Å². The number of aromatic nitrogens is 2. The Labute approximate surface area is 161 Å². The molecule has 2 heterocycles. The van der Waals surface area contributed by atoms with Gasteiger partial charge in [0, 0.05) is 13.1 Å². The van der Waals surface area contributed by atoms with Crippen LogP contribution in [0, 0.1) is 0 Å². The minimum Gasteiger partial charge on any atom is -0.495 e. The van der Waals surface area contributed by atoms with E-state index in [2.05, 4.69) is 15.3 Å². The van der Waals surface area contributed by atoms with Crippen LogP contribution in [-0.4, -0.2) is 52.5 Å². The third-order valence-electron chi connectivity index (χ3n) is 4.52. The predicted molar refractivity (Wildman–Crippen MR) is 102 cm³/mol. The normalized spacial score (nSPS) is 16.4. The van der Waals surface area contributed by atoms with Crippen molar-refractivity contribution in [2.45, 2.75) is 25.4 Å². The van der Waals surface area contributed by atoms with Crippen LogP contribution in [0.1, 0.15) is 28.9 Å². The lowest BCUT2D eigenvalue weighted by molar-refractivity contribution is 0.0691. The Bertz CT molecular complexity index is 833. The molecule has 2 aromatic rings. The van der Waals surface area contributed by atoms with Crippen molar-refractivity contribution < 1.29 is 19.7 Å². The molecule has 1 aromatic carbocycles. The number of rotatable bonds is 7. The first-order valence-corrected chi connectivity index (χ1v) is 8.95. The fraction of sp³-hybridized carbons (Fsp3) is 0.389. The van der Waals surface area contributed by atoms with Gasteiger partial charge in [0.2, 0.25) is 0 Å². The number of anilines is 2. The van der Waals surface area contributed by atoms with Crippen LogP contribution < -0.4 is 15.0 Å². The number of aliphatic hydroxyl groups excluding tert-OH is 1. The lowest BCUT2D eigenvalue weighted by Crippen LogP contribution is -2.33. The predicted octanol–water partition coefficient (Wildman–Crippen LogP) is 2.41. The molecule has 1 atom stereocenters. The van der Waals surface area contributed by atoms with Crippen LogP contribution in [0.3, 0.4) is 0 Å². The molecule has 0 spiro atoms. The SMILES string of the molecule is COc1ccc(CNc2nc(N3CCCC3CO)cnc2C(=O)O)cc1Cl. The Kier molecular flexibility index (Phi) is 5.98. The molecule has 1 aromatic heterocycles. The Balaban J connectivity index is 1.83. The average Bonchev–Trinajstić information content (AvgIpc) is 3.15. The zero-order chi connectivity index (χ0) is 19.4. The van der Waals surface area contributed by atoms with Crippen LogP contribution >= 0.6 is 11.6 Å². The van der Waals surface area contributed by atoms with Gasteiger partial charge in [-0.1, -0.05) is 17.7 Å². The van der Waals surface area contributed by atoms with Crippen molar-refractivity contribution in [3.8, 4) is 5.75 Å². The molecule has 8 nitrogen and oxygen atoms in total. The number of halogens is 1. The maximum absolute atomic E-state index is 11.5. The Morgan fingerprint density at radius 2 is 2.30 bits per heavy atom. The minimum atomic E-state index is -1.16. The van der Waals surface area contributed by atoms with Gasteiger partial charge in [-0.2, -0.15) is 0 Å². The number of hydrogen-bond acceptors (Lipinski definition) is 7. The van der Waals surface area contributed by atoms with Crippen LogP contribution in [0.25, 0.3) is 0 Å². The monoisotopic (exact) mass is 392 g/mol. The molecule has 9 heteroatoms. The van der Waals surface area contributed by atoms with E-state index in [4.69, 9.17) is 16.3 Å². The standard InChI is InChI=1S/C18H21ClN4O4/c1-27-14-5-4-11(7-13(14)19)8-21-17-16(18(25)26)20-9-15(22-17)23-6-2-3-12(23)10-24/h4-5,7,9,12,24H,2-3,6,8,10H2,1H3,(H,21,22)(H,25,26). The first-order valence-electron chi connectivity index (χ1n) is 8.57. The zero-order valence-corrected chi connectivity index (χ0v) is 15.6. The number of benzene rings is 1. The summed E-state index contributed by atoms with van der Waals surface area (Å²) in [6, 6.07) is 5.30. The molecular weight excluding hydrogens is 372 g/mol. The van der Waals surface area contributed by atoms with Crippen molar-refractivity contribution in [3.63, 3.8) is 0 Å². The molecule has 27 heavy (non-hydrogen) atoms. The number of aromatic carboxylic acids is 1. The summed E-state index contributed by atoms with van der Waals surface area (Å²) in [6.07, 6.45) is 3.25. The fourth-order valence-corrected chi connectivity index (χ4v) is 3.41. The van der Waals surface area contributed by atoms with E-state index in [0.29, 0.717) is 23.1 Å². The molecule has 0 saturated carbocycles. The van der Waals surface area contributed by atoms with E-state index in [-0.39, 0.29) is 24.2 Å². The second-order valence-electron chi connectivity index (χ2n) is 6.23. The minimum absolute atomic E-state index is 0.0233. The van der Waals surface area contributed by atoms with Crippen LogP contribution in [0.15, 0.2) is 24.4 Å². The van der Waals surface area contributed by atoms with Gasteiger partial charge in [0.15, 0.2) is 11.5 Å². The molecule has 144 valence electrons. The van der Waals surface area contributed by atoms with Crippen molar-refractivity contribution in [3.05, 3.63) is 40.7 Å². The van der Waals surface area contributed by atoms with E-state index >= 15 is 0 Å². The Hall–Kier alpha value is -2.58. The number of carboxylic acids is 1. The third kappa shape index (κ3) is 4.23. The summed E-state index contributed by atoms with van der Waals surface area (Å²) in [5.41, 5.74) is 0.692. The number of nitrogens with zero attached hydrogens (tertiary/aromatic N) is 3. The van der Waals surface area contributed by atoms with Crippen molar-refractivity contribution in [2.75, 3.05) is 30.5 Å². The molecule has 1 unspecified atom stereocenters. The molecule has 3 rings (SSSR count). The lowest BCUT2D eigenvalue weighted by atomic mass is 10.2. The molecule has 0 amide bonds. The van der Waals surface area contributed by atoms with Crippen LogP contribution in [0.2, 0.25) is 5.02 Å². The molecule has 0 aliphatic carbocycles. The Morgan fingerprint density at radius 1 is 1.48 bits per heavy atom. The van der Waals surface area contributed by atoms with Crippen LogP contribution in [-0.2, 0) is 6.54 Å². The van der Waals surface area contributed by atoms with E-state index in [9.17, 15) is 15.0 Å². The fourth-order valence-electron chi connectivity index (χ4n) is 3.13. The van der Waals surface area contributed by atoms with E-state index < -0.39 is 5.97 Å². The topological polar surface area (TPSA) is 108 Å². The van der Waals surface area contributed by atoms with Gasteiger partial charge < -0.3 is 25.2 Å². The number of methoxy groups -OCH3 is 1. The molecular formula is C18H21ClN4O4. The van der Waals surface area contributed by atoms with E-state index in [1.807, 2.05) is 11.0 Å². The number of aliphatic hydroxyl groups is 1. The first-order chi connectivity index (χ1) is 13.0. The van der Waals surface area contributed by atoms with E-state index in [1.54, 1.807) is 12.1 Å². The van der Waals surface area contributed by atoms with Crippen LogP contribution in [0.4, 0.5) is 11.6 Å². The molecule has 1 saturated heterocycles. The van der Waals surface area contributed by atoms with E-state index in [0.717, 1.165) is 24.9 Å². The summed E-state index contributed by atoms with van der Waals surface area (Å²) in [7, 11) is 1.54. The summed E-state index contributed by atoms with van der Waals surface area (Å²) < 4.78 is 5.13. The highest BCUT2D eigenvalue weighted by molar-refractivity contribution is 6.32. The molecule has 1 aliphatic heterocycles. The van der Waals surface area contributed by atoms with Crippen molar-refractivity contribution in [1.82, 2.24) is 9.97 Å². The summed E-state index contributed by atoms with van der Waals surface area (Å²) in [5, 5.41) is 22.4. The van der Waals surface area contributed by atoms with Gasteiger partial charge in [0.25, 0.3) is 0 Å².